The molecule has 1 amide bonds. The van der Waals surface area contributed by atoms with Crippen molar-refractivity contribution in [2.24, 2.45) is 0 Å². The number of alkyl halides is 3. The molecular formula is C13H16F3NO3S. The van der Waals surface area contributed by atoms with E-state index in [0.29, 0.717) is 5.69 Å². The molecule has 0 unspecified atom stereocenters. The van der Waals surface area contributed by atoms with E-state index in [2.05, 4.69) is 5.32 Å². The van der Waals surface area contributed by atoms with Crippen molar-refractivity contribution in [3.05, 3.63) is 29.3 Å². The second kappa shape index (κ2) is 6.46. The summed E-state index contributed by atoms with van der Waals surface area (Å²) in [5.41, 5.74) is 2.16. The first-order valence-corrected chi connectivity index (χ1v) is 7.95. The van der Waals surface area contributed by atoms with Crippen molar-refractivity contribution in [2.75, 3.05) is 16.8 Å². The highest BCUT2D eigenvalue weighted by atomic mass is 32.2. The van der Waals surface area contributed by atoms with Gasteiger partial charge in [0, 0.05) is 5.69 Å². The smallest absolute Gasteiger partial charge is 0.325 e. The predicted octanol–water partition coefficient (Wildman–Crippen LogP) is 2.61. The number of hydrogen-bond acceptors (Lipinski definition) is 3. The van der Waals surface area contributed by atoms with Crippen molar-refractivity contribution in [1.82, 2.24) is 0 Å². The second-order valence-corrected chi connectivity index (χ2v) is 7.01. The van der Waals surface area contributed by atoms with Crippen molar-refractivity contribution in [1.29, 1.82) is 0 Å². The average Bonchev–Trinajstić information content (AvgIpc) is 2.29. The molecule has 1 N–H and O–H groups in total. The Bertz CT molecular complexity index is 624. The van der Waals surface area contributed by atoms with E-state index in [4.69, 9.17) is 0 Å². The number of hydrogen-bond donors (Lipinski definition) is 1. The minimum Gasteiger partial charge on any atom is -0.325 e. The summed E-state index contributed by atoms with van der Waals surface area (Å²) in [4.78, 5) is 11.6. The number of anilines is 1. The van der Waals surface area contributed by atoms with Gasteiger partial charge in [0.25, 0.3) is 0 Å². The van der Waals surface area contributed by atoms with Gasteiger partial charge < -0.3 is 5.32 Å². The number of benzene rings is 1. The van der Waals surface area contributed by atoms with Crippen LogP contribution in [0.25, 0.3) is 0 Å². The maximum atomic E-state index is 12.0. The highest BCUT2D eigenvalue weighted by Gasteiger charge is 2.30. The van der Waals surface area contributed by atoms with E-state index in [9.17, 15) is 26.4 Å². The lowest BCUT2D eigenvalue weighted by molar-refractivity contribution is -0.130. The lowest BCUT2D eigenvalue weighted by Gasteiger charge is -2.10. The summed E-state index contributed by atoms with van der Waals surface area (Å²) in [6.07, 6.45) is -6.01. The number of rotatable bonds is 5. The summed E-state index contributed by atoms with van der Waals surface area (Å²) in [6, 6.07) is 5.15. The molecule has 0 aromatic heterocycles. The molecule has 0 aliphatic rings. The number of halogens is 3. The first kappa shape index (κ1) is 17.5. The van der Waals surface area contributed by atoms with Crippen LogP contribution in [-0.4, -0.2) is 32.0 Å². The van der Waals surface area contributed by atoms with Gasteiger partial charge in [-0.2, -0.15) is 13.2 Å². The Morgan fingerprint density at radius 1 is 1.24 bits per heavy atom. The summed E-state index contributed by atoms with van der Waals surface area (Å²) >= 11 is 0. The Morgan fingerprint density at radius 3 is 2.38 bits per heavy atom. The minimum atomic E-state index is -4.56. The maximum absolute atomic E-state index is 12.0. The van der Waals surface area contributed by atoms with Crippen molar-refractivity contribution < 1.29 is 26.4 Å². The summed E-state index contributed by atoms with van der Waals surface area (Å²) < 4.78 is 58.9. The van der Waals surface area contributed by atoms with E-state index >= 15 is 0 Å². The number of aryl methyl sites for hydroxylation is 2. The fourth-order valence-electron chi connectivity index (χ4n) is 1.68. The highest BCUT2D eigenvalue weighted by Crippen LogP contribution is 2.20. The zero-order chi connectivity index (χ0) is 16.3. The van der Waals surface area contributed by atoms with E-state index in [0.717, 1.165) is 11.1 Å². The zero-order valence-electron chi connectivity index (χ0n) is 11.6. The lowest BCUT2D eigenvalue weighted by Crippen LogP contribution is -2.27. The molecule has 8 heteroatoms. The molecule has 0 spiro atoms. The van der Waals surface area contributed by atoms with Gasteiger partial charge in [-0.1, -0.05) is 17.7 Å². The molecule has 0 saturated carbocycles. The Labute approximate surface area is 121 Å². The van der Waals surface area contributed by atoms with E-state index < -0.39 is 39.8 Å². The molecule has 1 aromatic carbocycles. The quantitative estimate of drug-likeness (QED) is 0.906. The molecule has 1 aromatic rings. The third kappa shape index (κ3) is 6.61. The molecule has 118 valence electrons. The molecule has 0 bridgehead atoms. The third-order valence-electron chi connectivity index (χ3n) is 2.70. The number of amides is 1. The first-order valence-electron chi connectivity index (χ1n) is 6.13. The third-order valence-corrected chi connectivity index (χ3v) is 4.23. The van der Waals surface area contributed by atoms with Crippen LogP contribution in [0.3, 0.4) is 0 Å². The van der Waals surface area contributed by atoms with Crippen LogP contribution in [-0.2, 0) is 14.6 Å². The number of sulfone groups is 1. The zero-order valence-corrected chi connectivity index (χ0v) is 12.4. The Balaban J connectivity index is 2.64. The van der Waals surface area contributed by atoms with Crippen LogP contribution in [0, 0.1) is 13.8 Å². The molecule has 0 aliphatic heterocycles. The average molecular weight is 323 g/mol. The van der Waals surface area contributed by atoms with Gasteiger partial charge in [-0.3, -0.25) is 4.79 Å². The Hall–Kier alpha value is -1.57. The van der Waals surface area contributed by atoms with Crippen molar-refractivity contribution >= 4 is 21.4 Å². The standard InChI is InChI=1S/C13H16F3NO3S/c1-9-3-4-11(10(2)7-9)17-12(18)8-21(19,20)6-5-13(14,15)16/h3-4,7H,5-6,8H2,1-2H3,(H,17,18). The van der Waals surface area contributed by atoms with Crippen LogP contribution in [0.15, 0.2) is 18.2 Å². The van der Waals surface area contributed by atoms with Gasteiger partial charge in [-0.25, -0.2) is 8.42 Å². The molecule has 0 radical (unpaired) electrons. The van der Waals surface area contributed by atoms with E-state index in [1.165, 1.54) is 0 Å². The monoisotopic (exact) mass is 323 g/mol. The Morgan fingerprint density at radius 2 is 1.86 bits per heavy atom. The largest absolute Gasteiger partial charge is 0.390 e. The van der Waals surface area contributed by atoms with Gasteiger partial charge >= 0.3 is 6.18 Å². The Kier molecular flexibility index (Phi) is 5.38. The minimum absolute atomic E-state index is 0.441. The van der Waals surface area contributed by atoms with Gasteiger partial charge in [0.15, 0.2) is 9.84 Å². The molecule has 0 saturated heterocycles. The first-order chi connectivity index (χ1) is 9.48. The van der Waals surface area contributed by atoms with Crippen LogP contribution < -0.4 is 5.32 Å². The van der Waals surface area contributed by atoms with Crippen LogP contribution in [0.5, 0.6) is 0 Å². The number of nitrogens with one attached hydrogen (secondary N) is 1. The molecule has 0 atom stereocenters. The number of carbonyl (C=O) groups excluding carboxylic acids is 1. The second-order valence-electron chi connectivity index (χ2n) is 4.82. The van der Waals surface area contributed by atoms with Crippen LogP contribution in [0.4, 0.5) is 18.9 Å². The van der Waals surface area contributed by atoms with Crippen molar-refractivity contribution in [3.63, 3.8) is 0 Å². The molecule has 21 heavy (non-hydrogen) atoms. The fraction of sp³-hybridized carbons (Fsp3) is 0.462. The van der Waals surface area contributed by atoms with Gasteiger partial charge in [-0.15, -0.1) is 0 Å². The maximum Gasteiger partial charge on any atom is 0.390 e. The molecule has 0 heterocycles. The van der Waals surface area contributed by atoms with E-state index in [-0.39, 0.29) is 0 Å². The van der Waals surface area contributed by atoms with Gasteiger partial charge in [0.05, 0.1) is 12.2 Å². The normalized spacial score (nSPS) is 12.2. The molecule has 1 rings (SSSR count). The van der Waals surface area contributed by atoms with Crippen molar-refractivity contribution in [2.45, 2.75) is 26.4 Å². The van der Waals surface area contributed by atoms with Crippen LogP contribution in [0.1, 0.15) is 17.5 Å². The van der Waals surface area contributed by atoms with Crippen LogP contribution >= 0.6 is 0 Å². The van der Waals surface area contributed by atoms with E-state index in [1.54, 1.807) is 25.1 Å². The predicted molar refractivity (Wildman–Crippen MR) is 73.9 cm³/mol. The van der Waals surface area contributed by atoms with Crippen LogP contribution in [0.2, 0.25) is 0 Å². The molecule has 0 aliphatic carbocycles. The highest BCUT2D eigenvalue weighted by molar-refractivity contribution is 7.92. The summed E-state index contributed by atoms with van der Waals surface area (Å²) in [6.45, 7) is 3.60. The van der Waals surface area contributed by atoms with Crippen molar-refractivity contribution in [3.8, 4) is 0 Å². The summed E-state index contributed by atoms with van der Waals surface area (Å²) in [7, 11) is -4.09. The van der Waals surface area contributed by atoms with Gasteiger partial charge in [-0.05, 0) is 25.5 Å². The lowest BCUT2D eigenvalue weighted by atomic mass is 10.1. The summed E-state index contributed by atoms with van der Waals surface area (Å²) in [5, 5.41) is 2.39. The molecule has 4 nitrogen and oxygen atoms in total. The topological polar surface area (TPSA) is 63.2 Å². The van der Waals surface area contributed by atoms with Gasteiger partial charge in [0.2, 0.25) is 5.91 Å². The summed E-state index contributed by atoms with van der Waals surface area (Å²) in [5.74, 6) is -2.89. The fourth-order valence-corrected chi connectivity index (χ4v) is 2.84. The van der Waals surface area contributed by atoms with Gasteiger partial charge in [0.1, 0.15) is 5.75 Å². The number of carbonyl (C=O) groups is 1. The van der Waals surface area contributed by atoms with E-state index in [1.807, 2.05) is 6.92 Å². The SMILES string of the molecule is Cc1ccc(NC(=O)CS(=O)(=O)CCC(F)(F)F)c(C)c1. The molecular weight excluding hydrogens is 307 g/mol. The molecule has 0 fully saturated rings.